The molecule has 4 aromatic heterocycles. The quantitative estimate of drug-likeness (QED) is 0.117. The number of benzene rings is 2. The van der Waals surface area contributed by atoms with Crippen LogP contribution in [-0.4, -0.2) is 177 Å². The molecule has 10 heterocycles. The Kier molecular flexibility index (Phi) is 12.8. The van der Waals surface area contributed by atoms with Crippen molar-refractivity contribution in [3.63, 3.8) is 0 Å². The number of nitrogens with one attached hydrogen (secondary N) is 2. The zero-order valence-corrected chi connectivity index (χ0v) is 44.7. The van der Waals surface area contributed by atoms with Gasteiger partial charge in [0.25, 0.3) is 23.6 Å². The Morgan fingerprint density at radius 3 is 1.91 bits per heavy atom. The fourth-order valence-corrected chi connectivity index (χ4v) is 12.7. The van der Waals surface area contributed by atoms with Gasteiger partial charge in [-0.25, -0.2) is 27.8 Å². The second-order valence-electron chi connectivity index (χ2n) is 23.7. The Bertz CT molecular complexity index is 3390. The third-order valence-corrected chi connectivity index (χ3v) is 16.9. The van der Waals surface area contributed by atoms with Gasteiger partial charge in [0.15, 0.2) is 11.3 Å². The maximum Gasteiger partial charge on any atom is 0.261 e. The molecule has 4 amide bonds. The summed E-state index contributed by atoms with van der Waals surface area (Å²) < 4.78 is 33.9. The number of carbonyl (C=O) groups is 4. The summed E-state index contributed by atoms with van der Waals surface area (Å²) >= 11 is 0. The maximum atomic E-state index is 15.6. The number of anilines is 4. The molecule has 20 nitrogen and oxygen atoms in total. The zero-order valence-electron chi connectivity index (χ0n) is 44.7. The monoisotopic (exact) mass is 1070 g/mol. The van der Waals surface area contributed by atoms with E-state index in [4.69, 9.17) is 10.1 Å². The van der Waals surface area contributed by atoms with Crippen molar-refractivity contribution in [1.29, 1.82) is 0 Å². The first-order valence-electron chi connectivity index (χ1n) is 27.1. The van der Waals surface area contributed by atoms with E-state index in [0.717, 1.165) is 25.9 Å². The number of alkyl halides is 2. The van der Waals surface area contributed by atoms with Gasteiger partial charge in [-0.15, -0.1) is 0 Å². The van der Waals surface area contributed by atoms with E-state index >= 15 is 13.6 Å². The molecular weight excluding hydrogens is 1000 g/mol. The number of halogens is 2. The van der Waals surface area contributed by atoms with Gasteiger partial charge >= 0.3 is 0 Å². The molecule has 6 aliphatic rings. The number of nitrogens with zero attached hydrogens (tertiary/aromatic N) is 12. The molecule has 6 aliphatic heterocycles. The summed E-state index contributed by atoms with van der Waals surface area (Å²) in [5, 5.41) is 36.9. The molecule has 12 rings (SSSR count). The Morgan fingerprint density at radius 2 is 1.27 bits per heavy atom. The highest BCUT2D eigenvalue weighted by Crippen LogP contribution is 2.44. The first kappa shape index (κ1) is 51.6. The minimum absolute atomic E-state index is 0.0552. The lowest BCUT2D eigenvalue weighted by Gasteiger charge is -2.44. The highest BCUT2D eigenvalue weighted by Gasteiger charge is 2.46. The number of amides is 4. The number of hydrogen-bond donors (Lipinski definition) is 4. The van der Waals surface area contributed by atoms with E-state index in [1.807, 2.05) is 12.1 Å². The van der Waals surface area contributed by atoms with Gasteiger partial charge in [-0.2, -0.15) is 10.2 Å². The van der Waals surface area contributed by atoms with Gasteiger partial charge in [0.1, 0.15) is 23.5 Å². The van der Waals surface area contributed by atoms with Crippen LogP contribution in [0.25, 0.3) is 11.3 Å². The molecule has 4 N–H and O–H groups in total. The summed E-state index contributed by atoms with van der Waals surface area (Å²) in [6.45, 7) is 14.1. The fraction of sp³-hybridized carbons (Fsp3) is 0.500. The van der Waals surface area contributed by atoms with Crippen LogP contribution in [0.1, 0.15) is 119 Å². The molecule has 0 radical (unpaired) electrons. The summed E-state index contributed by atoms with van der Waals surface area (Å²) in [6, 6.07) is 10.4. The third-order valence-electron chi connectivity index (χ3n) is 16.9. The summed E-state index contributed by atoms with van der Waals surface area (Å²) in [5.74, 6) is -0.879. The van der Waals surface area contributed by atoms with Crippen molar-refractivity contribution in [2.24, 2.45) is 11.8 Å². The van der Waals surface area contributed by atoms with Crippen LogP contribution in [0.15, 0.2) is 67.4 Å². The molecule has 2 aromatic carbocycles. The molecule has 4 fully saturated rings. The number of carbonyl (C=O) groups excluding carboxylic acids is 4. The number of hydrogen-bond acceptors (Lipinski definition) is 14. The van der Waals surface area contributed by atoms with E-state index in [1.165, 1.54) is 48.2 Å². The minimum Gasteiger partial charge on any atom is -0.387 e. The summed E-state index contributed by atoms with van der Waals surface area (Å²) in [5.41, 5.74) is 2.41. The van der Waals surface area contributed by atoms with Crippen molar-refractivity contribution in [2.45, 2.75) is 109 Å². The Labute approximate surface area is 450 Å². The summed E-state index contributed by atoms with van der Waals surface area (Å²) in [7, 11) is 0. The van der Waals surface area contributed by atoms with Crippen LogP contribution < -0.4 is 20.4 Å². The van der Waals surface area contributed by atoms with Crippen LogP contribution in [0.4, 0.5) is 31.5 Å². The summed E-state index contributed by atoms with van der Waals surface area (Å²) in [4.78, 5) is 79.4. The van der Waals surface area contributed by atoms with Crippen molar-refractivity contribution in [3.8, 4) is 0 Å². The van der Waals surface area contributed by atoms with E-state index in [0.29, 0.717) is 94.1 Å². The molecule has 0 spiro atoms. The average Bonchev–Trinajstić information content (AvgIpc) is 4.45. The predicted octanol–water partition coefficient (Wildman–Crippen LogP) is 5.21. The molecule has 0 aliphatic carbocycles. The number of aliphatic hydroxyl groups is 2. The van der Waals surface area contributed by atoms with E-state index in [2.05, 4.69) is 54.2 Å². The predicted molar refractivity (Wildman–Crippen MR) is 287 cm³/mol. The first-order valence-corrected chi connectivity index (χ1v) is 27.1. The Morgan fingerprint density at radius 1 is 0.705 bits per heavy atom. The highest BCUT2D eigenvalue weighted by atomic mass is 19.1. The Hall–Kier alpha value is -7.14. The van der Waals surface area contributed by atoms with Crippen LogP contribution in [0, 0.1) is 11.8 Å². The smallest absolute Gasteiger partial charge is 0.261 e. The van der Waals surface area contributed by atoms with Crippen molar-refractivity contribution in [1.82, 2.24) is 48.8 Å². The number of aromatic nitrogens is 6. The van der Waals surface area contributed by atoms with Crippen molar-refractivity contribution < 1.29 is 38.2 Å². The second kappa shape index (κ2) is 19.3. The minimum atomic E-state index is -1.72. The maximum absolute atomic E-state index is 15.6. The average molecular weight is 1070 g/mol. The fourth-order valence-electron chi connectivity index (χ4n) is 12.7. The standard InChI is InChI=1S/C56H66F2N14O6/c1-31-15-35-26-66(14-13-65(35)22-31)42-19-37-33(24-68(53(37)75)29-45(57)55(3,4)77)17-40(42)63-52(74)47-48(64-72-12-8-10-60-50(47)72)44-28-67(27-36-16-32(2)23-70(36)44)43-20-38-34(25-69(54(38)76)30-46(58)56(5,6)78)18-41(43)62-51(73)39-21-61-71-11-7-9-59-49(39)71/h7-12,17-21,31-32,35-36,44-46,77-78H,13-16,22-30H2,1-6H3,(H,62,73)(H,63,74)/t31-,32+,35-,36-,44?,45-,46-/m1/s1. The molecular formula is C56H66F2N14O6. The third kappa shape index (κ3) is 9.28. The molecule has 410 valence electrons. The SMILES string of the molecule is C[C@@H]1C[C@@H]2CN(c3cc4c(cc3NC(=O)c3c(C5CN(c6cc7c(cc6NC(=O)c6cnn8cccnc68)CN(C[C@@H](F)C(C)(C)O)C7=O)C[C@H]6C[C@H](C)CN56)nn5cccnc35)CN(C[C@@H](F)C(C)(C)O)C4=O)CCN2C1. The van der Waals surface area contributed by atoms with Gasteiger partial charge < -0.3 is 40.4 Å². The number of piperazine rings is 2. The molecule has 7 atom stereocenters. The van der Waals surface area contributed by atoms with Gasteiger partial charge in [-0.1, -0.05) is 13.8 Å². The summed E-state index contributed by atoms with van der Waals surface area (Å²) in [6.07, 6.45) is 6.51. The highest BCUT2D eigenvalue weighted by molar-refractivity contribution is 6.12. The molecule has 78 heavy (non-hydrogen) atoms. The molecule has 1 unspecified atom stereocenters. The zero-order chi connectivity index (χ0) is 54.7. The van der Waals surface area contributed by atoms with Gasteiger partial charge in [0.2, 0.25) is 0 Å². The van der Waals surface area contributed by atoms with Gasteiger partial charge in [0, 0.05) is 107 Å². The Balaban J connectivity index is 0.921. The molecule has 0 saturated carbocycles. The van der Waals surface area contributed by atoms with Crippen molar-refractivity contribution in [2.75, 3.05) is 79.3 Å². The largest absolute Gasteiger partial charge is 0.387 e. The lowest BCUT2D eigenvalue weighted by Crippen LogP contribution is -2.52. The molecule has 4 saturated heterocycles. The molecule has 0 bridgehead atoms. The number of fused-ring (bicyclic) bond motifs is 6. The normalized spacial score (nSPS) is 23.5. The van der Waals surface area contributed by atoms with Crippen molar-refractivity contribution in [3.05, 3.63) is 106 Å². The van der Waals surface area contributed by atoms with E-state index < -0.39 is 47.3 Å². The van der Waals surface area contributed by atoms with Crippen LogP contribution in [-0.2, 0) is 13.1 Å². The van der Waals surface area contributed by atoms with Gasteiger partial charge in [-0.3, -0.25) is 29.0 Å². The van der Waals surface area contributed by atoms with Gasteiger partial charge in [0.05, 0.1) is 65.0 Å². The van der Waals surface area contributed by atoms with Crippen molar-refractivity contribution >= 4 is 57.7 Å². The molecule has 22 heteroatoms. The van der Waals surface area contributed by atoms with Crippen LogP contribution >= 0.6 is 0 Å². The van der Waals surface area contributed by atoms with Crippen LogP contribution in [0.3, 0.4) is 0 Å². The van der Waals surface area contributed by atoms with Crippen LogP contribution in [0.5, 0.6) is 0 Å². The van der Waals surface area contributed by atoms with E-state index in [-0.39, 0.29) is 67.8 Å². The van der Waals surface area contributed by atoms with Gasteiger partial charge in [-0.05, 0) is 99.9 Å². The lowest BCUT2D eigenvalue weighted by molar-refractivity contribution is -0.0163. The van der Waals surface area contributed by atoms with Crippen LogP contribution in [0.2, 0.25) is 0 Å². The first-order chi connectivity index (χ1) is 37.2. The van der Waals surface area contributed by atoms with E-state index in [9.17, 15) is 24.6 Å². The lowest BCUT2D eigenvalue weighted by atomic mass is 9.98. The van der Waals surface area contributed by atoms with E-state index in [1.54, 1.807) is 53.6 Å². The number of rotatable bonds is 13. The molecule has 6 aromatic rings. The second-order valence-corrected chi connectivity index (χ2v) is 23.7. The topological polar surface area (TPSA) is 213 Å².